The number of carbonyl (C=O) groups is 2. The van der Waals surface area contributed by atoms with Crippen LogP contribution in [0, 0.1) is 0 Å². The maximum absolute atomic E-state index is 13.2. The van der Waals surface area contributed by atoms with E-state index in [-0.39, 0.29) is 29.8 Å². The Kier molecular flexibility index (Phi) is 2.82. The largest absolute Gasteiger partial charge is 0.314 e. The first-order chi connectivity index (χ1) is 11.4. The third-order valence-corrected chi connectivity index (χ3v) is 4.95. The molecule has 1 spiro atoms. The highest BCUT2D eigenvalue weighted by Crippen LogP contribution is 2.50. The summed E-state index contributed by atoms with van der Waals surface area (Å²) in [6, 6.07) is 7.27. The van der Waals surface area contributed by atoms with Gasteiger partial charge < -0.3 is 10.2 Å². The molecule has 0 unspecified atom stereocenters. The number of amides is 2. The van der Waals surface area contributed by atoms with Crippen LogP contribution in [0.4, 0.5) is 11.5 Å². The Morgan fingerprint density at radius 2 is 1.88 bits per heavy atom. The molecule has 0 fully saturated rings. The van der Waals surface area contributed by atoms with Gasteiger partial charge in [0.2, 0.25) is 11.8 Å². The second-order valence-electron chi connectivity index (χ2n) is 6.64. The van der Waals surface area contributed by atoms with Gasteiger partial charge >= 0.3 is 0 Å². The Balaban J connectivity index is 2.11. The van der Waals surface area contributed by atoms with E-state index in [4.69, 9.17) is 0 Å². The molecule has 0 bridgehead atoms. The van der Waals surface area contributed by atoms with Crippen LogP contribution in [0.2, 0.25) is 0 Å². The molecule has 4 rings (SSSR count). The number of hydrogen-bond donors (Lipinski definition) is 2. The molecule has 0 aliphatic carbocycles. The molecule has 2 amide bonds. The summed E-state index contributed by atoms with van der Waals surface area (Å²) < 4.78 is 1.62. The maximum Gasteiger partial charge on any atom is 0.270 e. The Hall–Kier alpha value is -2.83. The molecule has 3 heterocycles. The molecule has 2 aliphatic rings. The number of anilines is 2. The van der Waals surface area contributed by atoms with E-state index in [0.29, 0.717) is 16.9 Å². The highest BCUT2D eigenvalue weighted by Gasteiger charge is 2.57. The third-order valence-electron chi connectivity index (χ3n) is 4.95. The van der Waals surface area contributed by atoms with Gasteiger partial charge in [0.25, 0.3) is 5.56 Å². The molecule has 1 aromatic carbocycles. The molecule has 0 saturated carbocycles. The van der Waals surface area contributed by atoms with Crippen molar-refractivity contribution in [2.45, 2.75) is 31.7 Å². The zero-order chi connectivity index (χ0) is 17.2. The fourth-order valence-electron chi connectivity index (χ4n) is 3.91. The van der Waals surface area contributed by atoms with Gasteiger partial charge in [-0.1, -0.05) is 18.2 Å². The molecular formula is C17H18N4O3. The lowest BCUT2D eigenvalue weighted by Gasteiger charge is -2.31. The van der Waals surface area contributed by atoms with Crippen LogP contribution in [0.1, 0.15) is 37.4 Å². The van der Waals surface area contributed by atoms with Gasteiger partial charge in [-0.2, -0.15) is 0 Å². The van der Waals surface area contributed by atoms with Gasteiger partial charge in [-0.15, -0.1) is 0 Å². The van der Waals surface area contributed by atoms with E-state index in [2.05, 4.69) is 10.4 Å². The Morgan fingerprint density at radius 1 is 1.17 bits per heavy atom. The lowest BCUT2D eigenvalue weighted by Crippen LogP contribution is -2.47. The molecule has 7 heteroatoms. The number of nitrogens with one attached hydrogen (secondary N) is 2. The molecule has 7 nitrogen and oxygen atoms in total. The fraction of sp³-hybridized carbons (Fsp3) is 0.353. The van der Waals surface area contributed by atoms with Gasteiger partial charge in [0.15, 0.2) is 0 Å². The van der Waals surface area contributed by atoms with Crippen molar-refractivity contribution >= 4 is 23.3 Å². The van der Waals surface area contributed by atoms with Crippen LogP contribution in [0.15, 0.2) is 29.1 Å². The number of fused-ring (bicyclic) bond motifs is 4. The second kappa shape index (κ2) is 4.59. The molecule has 0 radical (unpaired) electrons. The second-order valence-corrected chi connectivity index (χ2v) is 6.64. The van der Waals surface area contributed by atoms with Crippen molar-refractivity contribution in [1.82, 2.24) is 9.78 Å². The number of carbonyl (C=O) groups excluding carboxylic acids is 2. The van der Waals surface area contributed by atoms with E-state index in [1.165, 1.54) is 4.90 Å². The fourth-order valence-corrected chi connectivity index (χ4v) is 3.91. The zero-order valence-corrected chi connectivity index (χ0v) is 13.7. The number of benzene rings is 1. The predicted octanol–water partition coefficient (Wildman–Crippen LogP) is 1.36. The molecule has 1 aromatic heterocycles. The molecule has 2 N–H and O–H groups in total. The summed E-state index contributed by atoms with van der Waals surface area (Å²) >= 11 is 0. The summed E-state index contributed by atoms with van der Waals surface area (Å²) in [5, 5.41) is 5.54. The summed E-state index contributed by atoms with van der Waals surface area (Å²) in [4.78, 5) is 39.8. The van der Waals surface area contributed by atoms with Crippen molar-refractivity contribution < 1.29 is 9.59 Å². The first kappa shape index (κ1) is 14.7. The molecule has 24 heavy (non-hydrogen) atoms. The van der Waals surface area contributed by atoms with Gasteiger partial charge in [0.1, 0.15) is 11.2 Å². The number of H-pyrrole nitrogens is 1. The van der Waals surface area contributed by atoms with Crippen molar-refractivity contribution in [2.24, 2.45) is 0 Å². The smallest absolute Gasteiger partial charge is 0.270 e. The van der Waals surface area contributed by atoms with Crippen LogP contribution in [0.3, 0.4) is 0 Å². The first-order valence-electron chi connectivity index (χ1n) is 7.90. The van der Waals surface area contributed by atoms with Gasteiger partial charge in [-0.25, -0.2) is 0 Å². The Bertz CT molecular complexity index is 940. The van der Waals surface area contributed by atoms with E-state index in [1.807, 2.05) is 38.1 Å². The molecule has 0 saturated heterocycles. The number of hydrogen-bond acceptors (Lipinski definition) is 3. The number of aromatic nitrogens is 2. The van der Waals surface area contributed by atoms with Crippen molar-refractivity contribution in [3.63, 3.8) is 0 Å². The summed E-state index contributed by atoms with van der Waals surface area (Å²) in [7, 11) is 1.68. The lowest BCUT2D eigenvalue weighted by molar-refractivity contribution is -0.126. The molecule has 2 aliphatic heterocycles. The van der Waals surface area contributed by atoms with Crippen LogP contribution in [0.25, 0.3) is 0 Å². The monoisotopic (exact) mass is 326 g/mol. The Morgan fingerprint density at radius 3 is 2.58 bits per heavy atom. The van der Waals surface area contributed by atoms with Gasteiger partial charge in [0.05, 0.1) is 12.0 Å². The summed E-state index contributed by atoms with van der Waals surface area (Å²) in [5.74, 6) is -0.120. The van der Waals surface area contributed by atoms with Gasteiger partial charge in [-0.05, 0) is 25.5 Å². The van der Waals surface area contributed by atoms with Crippen molar-refractivity contribution in [1.29, 1.82) is 0 Å². The average Bonchev–Trinajstić information content (AvgIpc) is 2.98. The Labute approximate surface area is 138 Å². The number of aromatic amines is 1. The third kappa shape index (κ3) is 1.59. The topological polar surface area (TPSA) is 87.2 Å². The molecular weight excluding hydrogens is 308 g/mol. The normalized spacial score (nSPS) is 22.1. The minimum atomic E-state index is -1.25. The van der Waals surface area contributed by atoms with Gasteiger partial charge in [-0.3, -0.25) is 24.2 Å². The lowest BCUT2D eigenvalue weighted by atomic mass is 9.71. The van der Waals surface area contributed by atoms with E-state index in [0.717, 1.165) is 5.69 Å². The minimum absolute atomic E-state index is 0.0543. The molecule has 1 atom stereocenters. The van der Waals surface area contributed by atoms with Crippen LogP contribution in [-0.4, -0.2) is 28.6 Å². The van der Waals surface area contributed by atoms with E-state index < -0.39 is 5.41 Å². The molecule has 124 valence electrons. The van der Waals surface area contributed by atoms with Gasteiger partial charge in [0, 0.05) is 18.8 Å². The quantitative estimate of drug-likeness (QED) is 0.829. The van der Waals surface area contributed by atoms with Crippen LogP contribution >= 0.6 is 0 Å². The predicted molar refractivity (Wildman–Crippen MR) is 89.3 cm³/mol. The summed E-state index contributed by atoms with van der Waals surface area (Å²) in [6.45, 7) is 3.81. The van der Waals surface area contributed by atoms with E-state index in [1.54, 1.807) is 11.7 Å². The number of para-hydroxylation sites is 1. The minimum Gasteiger partial charge on any atom is -0.314 e. The highest BCUT2D eigenvalue weighted by molar-refractivity contribution is 6.15. The van der Waals surface area contributed by atoms with Crippen molar-refractivity contribution in [2.75, 3.05) is 17.3 Å². The first-order valence-corrected chi connectivity index (χ1v) is 7.90. The number of likely N-dealkylation sites (N-methyl/N-ethyl adjacent to an activating group) is 1. The number of rotatable bonds is 1. The van der Waals surface area contributed by atoms with E-state index in [9.17, 15) is 14.4 Å². The standard InChI is InChI=1S/C17H18N4O3/c1-9(2)21-14-13(15(23)19-21)17(8-12(22)18-14)10-6-4-5-7-11(10)20(3)16(17)24/h4-7,9H,8H2,1-3H3,(H,18,22)(H,19,23)/t17-/m1/s1. The summed E-state index contributed by atoms with van der Waals surface area (Å²) in [5.41, 5.74) is 0.187. The van der Waals surface area contributed by atoms with Crippen molar-refractivity contribution in [3.05, 3.63) is 45.7 Å². The number of nitrogens with zero attached hydrogens (tertiary/aromatic N) is 2. The van der Waals surface area contributed by atoms with Crippen LogP contribution in [-0.2, 0) is 15.0 Å². The van der Waals surface area contributed by atoms with Crippen molar-refractivity contribution in [3.8, 4) is 0 Å². The molecule has 2 aromatic rings. The maximum atomic E-state index is 13.2. The van der Waals surface area contributed by atoms with Crippen LogP contribution in [0.5, 0.6) is 0 Å². The van der Waals surface area contributed by atoms with Crippen LogP contribution < -0.4 is 15.8 Å². The SMILES string of the molecule is CC(C)n1[nH]c(=O)c2c1NC(=O)C[C@]21C(=O)N(C)c2ccccc21. The summed E-state index contributed by atoms with van der Waals surface area (Å²) in [6.07, 6.45) is -0.0641. The highest BCUT2D eigenvalue weighted by atomic mass is 16.2. The average molecular weight is 326 g/mol. The van der Waals surface area contributed by atoms with E-state index >= 15 is 0 Å². The zero-order valence-electron chi connectivity index (χ0n) is 13.7.